The van der Waals surface area contributed by atoms with Gasteiger partial charge in [0, 0.05) is 0 Å². The van der Waals surface area contributed by atoms with Crippen LogP contribution >= 0.6 is 0 Å². The summed E-state index contributed by atoms with van der Waals surface area (Å²) in [7, 11) is 0. The number of rotatable bonds is 4. The first-order valence-corrected chi connectivity index (χ1v) is 11.1. The van der Waals surface area contributed by atoms with Gasteiger partial charge in [0.2, 0.25) is 0 Å². The van der Waals surface area contributed by atoms with E-state index in [-0.39, 0.29) is 7.43 Å². The zero-order valence-electron chi connectivity index (χ0n) is 18.4. The van der Waals surface area contributed by atoms with Crippen LogP contribution in [0.5, 0.6) is 0 Å². The van der Waals surface area contributed by atoms with E-state index in [1.165, 1.54) is 55.0 Å². The van der Waals surface area contributed by atoms with Gasteiger partial charge in [-0.3, -0.25) is 0 Å². The van der Waals surface area contributed by atoms with E-state index >= 15 is 0 Å². The summed E-state index contributed by atoms with van der Waals surface area (Å²) in [5.74, 6) is 0. The predicted molar refractivity (Wildman–Crippen MR) is 147 cm³/mol. The Hall–Kier alpha value is -3.90. The summed E-state index contributed by atoms with van der Waals surface area (Å²) in [6.45, 7) is 5.91. The maximum absolute atomic E-state index is 3.77. The fourth-order valence-corrected chi connectivity index (χ4v) is 4.47. The molecule has 5 rings (SSSR count). The molecule has 0 saturated heterocycles. The van der Waals surface area contributed by atoms with Crippen LogP contribution in [0, 0.1) is 6.92 Å². The second-order valence-corrected chi connectivity index (χ2v) is 8.35. The Morgan fingerprint density at radius 1 is 0.727 bits per heavy atom. The van der Waals surface area contributed by atoms with Crippen LogP contribution in [0.2, 0.25) is 0 Å². The highest BCUT2D eigenvalue weighted by molar-refractivity contribution is 6.09. The standard InChI is InChI=1S/C32H26.CH4/c1-3-4-5-8-24-13-20-30(31(21-24)26-14-11-23(2)12-15-26)28-19-18-27-17-16-25-9-6-7-10-29(25)32(27)22-28;/h3-20,22H,1,21H2,2H3;1H4/b5-4-,24-8-;. The molecule has 0 unspecified atom stereocenters. The van der Waals surface area contributed by atoms with Crippen molar-refractivity contribution in [2.45, 2.75) is 20.8 Å². The van der Waals surface area contributed by atoms with Gasteiger partial charge in [-0.15, -0.1) is 0 Å². The average Bonchev–Trinajstić information content (AvgIpc) is 2.84. The summed E-state index contributed by atoms with van der Waals surface area (Å²) >= 11 is 0. The van der Waals surface area contributed by atoms with E-state index in [1.807, 2.05) is 12.2 Å². The summed E-state index contributed by atoms with van der Waals surface area (Å²) < 4.78 is 0. The van der Waals surface area contributed by atoms with Crippen molar-refractivity contribution in [2.75, 3.05) is 0 Å². The molecule has 0 bridgehead atoms. The van der Waals surface area contributed by atoms with E-state index in [1.54, 1.807) is 0 Å². The van der Waals surface area contributed by atoms with Gasteiger partial charge in [-0.05, 0) is 68.8 Å². The molecule has 0 heteroatoms. The highest BCUT2D eigenvalue weighted by Crippen LogP contribution is 2.38. The molecule has 1 aliphatic rings. The molecule has 4 aromatic rings. The van der Waals surface area contributed by atoms with Gasteiger partial charge in [0.1, 0.15) is 0 Å². The number of hydrogen-bond donors (Lipinski definition) is 0. The quantitative estimate of drug-likeness (QED) is 0.225. The van der Waals surface area contributed by atoms with E-state index in [0.717, 1.165) is 6.42 Å². The topological polar surface area (TPSA) is 0 Å². The Kier molecular flexibility index (Phi) is 6.56. The van der Waals surface area contributed by atoms with Gasteiger partial charge in [0.15, 0.2) is 0 Å². The number of allylic oxidation sites excluding steroid dienone is 9. The number of benzene rings is 4. The van der Waals surface area contributed by atoms with Gasteiger partial charge < -0.3 is 0 Å². The zero-order chi connectivity index (χ0) is 21.9. The molecule has 0 atom stereocenters. The van der Waals surface area contributed by atoms with Crippen molar-refractivity contribution in [3.63, 3.8) is 0 Å². The van der Waals surface area contributed by atoms with E-state index in [0.29, 0.717) is 0 Å². The van der Waals surface area contributed by atoms with Crippen LogP contribution in [0.25, 0.3) is 32.7 Å². The van der Waals surface area contributed by atoms with Gasteiger partial charge in [-0.2, -0.15) is 0 Å². The molecule has 0 heterocycles. The summed E-state index contributed by atoms with van der Waals surface area (Å²) in [6, 6.07) is 28.8. The van der Waals surface area contributed by atoms with Crippen LogP contribution in [0.15, 0.2) is 127 Å². The van der Waals surface area contributed by atoms with Crippen molar-refractivity contribution >= 4 is 32.7 Å². The first kappa shape index (κ1) is 22.3. The average molecular weight is 427 g/mol. The van der Waals surface area contributed by atoms with Crippen molar-refractivity contribution < 1.29 is 0 Å². The van der Waals surface area contributed by atoms with Crippen molar-refractivity contribution in [2.24, 2.45) is 0 Å². The molecular weight excluding hydrogens is 396 g/mol. The number of aryl methyl sites for hydroxylation is 1. The summed E-state index contributed by atoms with van der Waals surface area (Å²) in [4.78, 5) is 0. The van der Waals surface area contributed by atoms with E-state index in [9.17, 15) is 0 Å². The van der Waals surface area contributed by atoms with Crippen molar-refractivity contribution in [3.8, 4) is 0 Å². The molecule has 0 aliphatic heterocycles. The second kappa shape index (κ2) is 9.71. The SMILES string of the molecule is C.C=C/C=C\C=C1\C=CC(c2ccc3ccc4ccccc4c3c2)=C(c2ccc(C)cc2)C1. The molecule has 0 nitrogen and oxygen atoms in total. The smallest absolute Gasteiger partial charge is 0.00137 e. The molecular formula is C33H30. The lowest BCUT2D eigenvalue weighted by atomic mass is 9.84. The third kappa shape index (κ3) is 4.52. The van der Waals surface area contributed by atoms with Crippen LogP contribution in [0.1, 0.15) is 30.5 Å². The molecule has 162 valence electrons. The molecule has 0 amide bonds. The normalized spacial score (nSPS) is 14.9. The first-order chi connectivity index (χ1) is 15.7. The predicted octanol–water partition coefficient (Wildman–Crippen LogP) is 9.48. The van der Waals surface area contributed by atoms with Gasteiger partial charge in [-0.25, -0.2) is 0 Å². The van der Waals surface area contributed by atoms with Crippen LogP contribution in [-0.2, 0) is 0 Å². The van der Waals surface area contributed by atoms with Crippen LogP contribution < -0.4 is 0 Å². The summed E-state index contributed by atoms with van der Waals surface area (Å²) in [5, 5.41) is 5.17. The number of hydrogen-bond acceptors (Lipinski definition) is 0. The monoisotopic (exact) mass is 426 g/mol. The van der Waals surface area contributed by atoms with Gasteiger partial charge in [0.05, 0.1) is 0 Å². The van der Waals surface area contributed by atoms with Gasteiger partial charge >= 0.3 is 0 Å². The highest BCUT2D eigenvalue weighted by atomic mass is 14.2. The lowest BCUT2D eigenvalue weighted by Gasteiger charge is -2.20. The minimum atomic E-state index is 0. The second-order valence-electron chi connectivity index (χ2n) is 8.35. The van der Waals surface area contributed by atoms with Crippen molar-refractivity contribution in [1.29, 1.82) is 0 Å². The highest BCUT2D eigenvalue weighted by Gasteiger charge is 2.15. The molecule has 0 aromatic heterocycles. The summed E-state index contributed by atoms with van der Waals surface area (Å²) in [5.41, 5.74) is 7.80. The summed E-state index contributed by atoms with van der Waals surface area (Å²) in [6.07, 6.45) is 13.4. The van der Waals surface area contributed by atoms with Gasteiger partial charge in [-0.1, -0.05) is 129 Å². The lowest BCUT2D eigenvalue weighted by molar-refractivity contribution is 1.27. The molecule has 0 spiro atoms. The Bertz CT molecular complexity index is 1440. The Morgan fingerprint density at radius 3 is 2.21 bits per heavy atom. The van der Waals surface area contributed by atoms with Crippen LogP contribution in [0.4, 0.5) is 0 Å². The molecule has 0 radical (unpaired) electrons. The Labute approximate surface area is 197 Å². The largest absolute Gasteiger partial charge is 0.0991 e. The lowest BCUT2D eigenvalue weighted by Crippen LogP contribution is -1.98. The Balaban J connectivity index is 0.00000259. The van der Waals surface area contributed by atoms with Crippen molar-refractivity contribution in [1.82, 2.24) is 0 Å². The molecule has 33 heavy (non-hydrogen) atoms. The molecule has 4 aromatic carbocycles. The van der Waals surface area contributed by atoms with E-state index in [2.05, 4.69) is 117 Å². The third-order valence-electron chi connectivity index (χ3n) is 6.19. The minimum Gasteiger partial charge on any atom is -0.0991 e. The van der Waals surface area contributed by atoms with Crippen molar-refractivity contribution in [3.05, 3.63) is 144 Å². The molecule has 1 aliphatic carbocycles. The van der Waals surface area contributed by atoms with E-state index < -0.39 is 0 Å². The maximum atomic E-state index is 3.77. The molecule has 0 saturated carbocycles. The molecule has 0 fully saturated rings. The Morgan fingerprint density at radius 2 is 1.42 bits per heavy atom. The number of fused-ring (bicyclic) bond motifs is 3. The van der Waals surface area contributed by atoms with Crippen LogP contribution in [0.3, 0.4) is 0 Å². The third-order valence-corrected chi connectivity index (χ3v) is 6.19. The zero-order valence-corrected chi connectivity index (χ0v) is 18.4. The van der Waals surface area contributed by atoms with Gasteiger partial charge in [0.25, 0.3) is 0 Å². The fraction of sp³-hybridized carbons (Fsp3) is 0.0909. The molecule has 0 N–H and O–H groups in total. The van der Waals surface area contributed by atoms with Crippen LogP contribution in [-0.4, -0.2) is 0 Å². The van der Waals surface area contributed by atoms with E-state index in [4.69, 9.17) is 0 Å². The minimum absolute atomic E-state index is 0. The fourth-order valence-electron chi connectivity index (χ4n) is 4.47. The maximum Gasteiger partial charge on any atom is -0.00137 e. The first-order valence-electron chi connectivity index (χ1n) is 11.1.